The van der Waals surface area contributed by atoms with Crippen LogP contribution in [0.5, 0.6) is 0 Å². The first-order valence-corrected chi connectivity index (χ1v) is 8.70. The second kappa shape index (κ2) is 6.76. The molecular formula is C13H22N4O4S. The molecule has 1 aliphatic rings. The highest BCUT2D eigenvalue weighted by molar-refractivity contribution is 7.89. The number of sulfonamides is 1. The summed E-state index contributed by atoms with van der Waals surface area (Å²) in [6.45, 7) is 4.90. The number of imidazole rings is 1. The third kappa shape index (κ3) is 3.84. The van der Waals surface area contributed by atoms with Crippen molar-refractivity contribution in [3.8, 4) is 0 Å². The third-order valence-corrected chi connectivity index (χ3v) is 4.99. The van der Waals surface area contributed by atoms with Crippen LogP contribution >= 0.6 is 0 Å². The van der Waals surface area contributed by atoms with Gasteiger partial charge in [-0.25, -0.2) is 18.1 Å². The maximum atomic E-state index is 12.1. The number of carbonyl (C=O) groups excluding carboxylic acids is 1. The van der Waals surface area contributed by atoms with E-state index < -0.39 is 10.0 Å². The molecule has 0 spiro atoms. The summed E-state index contributed by atoms with van der Waals surface area (Å²) in [5, 5.41) is -0.0753. The van der Waals surface area contributed by atoms with Gasteiger partial charge in [0.1, 0.15) is 5.82 Å². The van der Waals surface area contributed by atoms with Gasteiger partial charge < -0.3 is 14.2 Å². The summed E-state index contributed by atoms with van der Waals surface area (Å²) in [6.07, 6.45) is 2.26. The lowest BCUT2D eigenvalue weighted by Gasteiger charge is -2.32. The van der Waals surface area contributed by atoms with E-state index in [1.54, 1.807) is 23.4 Å². The fraction of sp³-hybridized carbons (Fsp3) is 0.692. The Hall–Kier alpha value is -1.45. The lowest BCUT2D eigenvalue weighted by molar-refractivity contribution is -0.137. The highest BCUT2D eigenvalue weighted by Gasteiger charge is 2.25. The largest absolute Gasteiger partial charge is 0.375 e. The number of nitrogens with one attached hydrogen (secondary N) is 1. The van der Waals surface area contributed by atoms with Gasteiger partial charge in [-0.15, -0.1) is 0 Å². The number of ether oxygens (including phenoxy) is 1. The molecule has 1 aliphatic heterocycles. The molecule has 0 bridgehead atoms. The minimum atomic E-state index is -3.78. The molecule has 22 heavy (non-hydrogen) atoms. The molecule has 0 saturated carbocycles. The molecule has 124 valence electrons. The van der Waals surface area contributed by atoms with Crippen LogP contribution in [0.2, 0.25) is 0 Å². The zero-order valence-corrected chi connectivity index (χ0v) is 13.9. The molecule has 8 nitrogen and oxygen atoms in total. The Bertz CT molecular complexity index is 621. The van der Waals surface area contributed by atoms with Crippen molar-refractivity contribution < 1.29 is 17.9 Å². The van der Waals surface area contributed by atoms with E-state index in [1.807, 2.05) is 6.92 Å². The van der Waals surface area contributed by atoms with E-state index in [1.165, 1.54) is 6.20 Å². The lowest BCUT2D eigenvalue weighted by atomic mass is 10.2. The fourth-order valence-corrected chi connectivity index (χ4v) is 3.20. The summed E-state index contributed by atoms with van der Waals surface area (Å²) in [7, 11) is -2.06. The number of morpholine rings is 1. The van der Waals surface area contributed by atoms with Gasteiger partial charge in [0.05, 0.1) is 19.3 Å². The molecule has 1 saturated heterocycles. The first-order valence-electron chi connectivity index (χ1n) is 7.22. The van der Waals surface area contributed by atoms with Crippen molar-refractivity contribution in [2.75, 3.05) is 26.2 Å². The zero-order valence-electron chi connectivity index (χ0n) is 13.1. The van der Waals surface area contributed by atoms with Crippen molar-refractivity contribution in [1.29, 1.82) is 0 Å². The van der Waals surface area contributed by atoms with Gasteiger partial charge in [0, 0.05) is 26.3 Å². The summed E-state index contributed by atoms with van der Waals surface area (Å²) in [6, 6.07) is 0. The van der Waals surface area contributed by atoms with Crippen LogP contribution in [0, 0.1) is 6.92 Å². The molecule has 2 rings (SSSR count). The number of nitrogens with zero attached hydrogens (tertiary/aromatic N) is 3. The monoisotopic (exact) mass is 330 g/mol. The predicted molar refractivity (Wildman–Crippen MR) is 79.7 cm³/mol. The molecule has 2 heterocycles. The molecule has 1 fully saturated rings. The van der Waals surface area contributed by atoms with E-state index in [2.05, 4.69) is 9.71 Å². The van der Waals surface area contributed by atoms with E-state index in [0.29, 0.717) is 25.5 Å². The molecule has 0 unspecified atom stereocenters. The van der Waals surface area contributed by atoms with Crippen LogP contribution in [0.15, 0.2) is 11.2 Å². The summed E-state index contributed by atoms with van der Waals surface area (Å²) >= 11 is 0. The molecule has 9 heteroatoms. The minimum Gasteiger partial charge on any atom is -0.375 e. The van der Waals surface area contributed by atoms with Gasteiger partial charge in [0.15, 0.2) is 5.03 Å². The predicted octanol–water partition coefficient (Wildman–Crippen LogP) is -0.356. The average molecular weight is 330 g/mol. The van der Waals surface area contributed by atoms with Gasteiger partial charge in [-0.1, -0.05) is 6.92 Å². The Balaban J connectivity index is 1.95. The van der Waals surface area contributed by atoms with Gasteiger partial charge in [0.2, 0.25) is 5.91 Å². The van der Waals surface area contributed by atoms with Crippen molar-refractivity contribution in [2.24, 2.45) is 7.05 Å². The minimum absolute atomic E-state index is 0.0211. The first-order chi connectivity index (χ1) is 10.3. The Morgan fingerprint density at radius 3 is 2.86 bits per heavy atom. The zero-order chi connectivity index (χ0) is 16.3. The van der Waals surface area contributed by atoms with Crippen LogP contribution in [-0.2, 0) is 26.6 Å². The maximum Gasteiger partial charge on any atom is 0.260 e. The van der Waals surface area contributed by atoms with E-state index in [-0.39, 0.29) is 23.6 Å². The van der Waals surface area contributed by atoms with Crippen molar-refractivity contribution in [2.45, 2.75) is 31.4 Å². The van der Waals surface area contributed by atoms with Gasteiger partial charge in [-0.2, -0.15) is 0 Å². The number of carbonyl (C=O) groups is 1. The van der Waals surface area contributed by atoms with E-state index in [4.69, 9.17) is 4.74 Å². The Kier molecular flexibility index (Phi) is 5.20. The second-order valence-electron chi connectivity index (χ2n) is 5.30. The molecule has 1 aromatic rings. The number of aromatic nitrogens is 2. The maximum absolute atomic E-state index is 12.1. The standard InChI is InChI=1S/C13H22N4O4S/c1-4-11-8-17(5-6-21-11)13(18)7-14-22(19,20)12-9-16(3)10(2)15-12/h9,11,14H,4-8H2,1-3H3/t11-/m1/s1. The van der Waals surface area contributed by atoms with Crippen molar-refractivity contribution in [3.05, 3.63) is 12.0 Å². The first kappa shape index (κ1) is 16.9. The van der Waals surface area contributed by atoms with Crippen LogP contribution in [0.4, 0.5) is 0 Å². The Labute approximate surface area is 130 Å². The Morgan fingerprint density at radius 1 is 1.55 bits per heavy atom. The van der Waals surface area contributed by atoms with Crippen LogP contribution in [0.3, 0.4) is 0 Å². The molecule has 0 radical (unpaired) electrons. The topological polar surface area (TPSA) is 93.5 Å². The SMILES string of the molecule is CC[C@@H]1CN(C(=O)CNS(=O)(=O)c2cn(C)c(C)n2)CCO1. The summed E-state index contributed by atoms with van der Waals surface area (Å²) in [5.41, 5.74) is 0. The van der Waals surface area contributed by atoms with Crippen molar-refractivity contribution in [3.63, 3.8) is 0 Å². The van der Waals surface area contributed by atoms with Crippen LogP contribution in [0.25, 0.3) is 0 Å². The van der Waals surface area contributed by atoms with Crippen LogP contribution in [0.1, 0.15) is 19.2 Å². The molecule has 1 atom stereocenters. The second-order valence-corrected chi connectivity index (χ2v) is 7.02. The highest BCUT2D eigenvalue weighted by atomic mass is 32.2. The Morgan fingerprint density at radius 2 is 2.27 bits per heavy atom. The highest BCUT2D eigenvalue weighted by Crippen LogP contribution is 2.10. The molecular weight excluding hydrogens is 308 g/mol. The van der Waals surface area contributed by atoms with Gasteiger partial charge in [0.25, 0.3) is 10.0 Å². The smallest absolute Gasteiger partial charge is 0.260 e. The molecule has 1 N–H and O–H groups in total. The van der Waals surface area contributed by atoms with Gasteiger partial charge in [-0.3, -0.25) is 4.79 Å². The number of amides is 1. The van der Waals surface area contributed by atoms with Crippen molar-refractivity contribution in [1.82, 2.24) is 19.2 Å². The molecule has 1 amide bonds. The molecule has 1 aromatic heterocycles. The van der Waals surface area contributed by atoms with E-state index in [0.717, 1.165) is 6.42 Å². The van der Waals surface area contributed by atoms with Crippen LogP contribution in [-0.4, -0.2) is 61.1 Å². The van der Waals surface area contributed by atoms with Crippen molar-refractivity contribution >= 4 is 15.9 Å². The quantitative estimate of drug-likeness (QED) is 0.796. The summed E-state index contributed by atoms with van der Waals surface area (Å²) < 4.78 is 33.7. The number of hydrogen-bond donors (Lipinski definition) is 1. The normalized spacial score (nSPS) is 19.4. The van der Waals surface area contributed by atoms with Crippen LogP contribution < -0.4 is 4.72 Å². The van der Waals surface area contributed by atoms with Gasteiger partial charge in [-0.05, 0) is 13.3 Å². The average Bonchev–Trinajstić information content (AvgIpc) is 2.85. The third-order valence-electron chi connectivity index (χ3n) is 3.72. The fourth-order valence-electron chi connectivity index (χ4n) is 2.19. The summed E-state index contributed by atoms with van der Waals surface area (Å²) in [5.74, 6) is 0.337. The molecule has 0 aromatic carbocycles. The van der Waals surface area contributed by atoms with E-state index >= 15 is 0 Å². The summed E-state index contributed by atoms with van der Waals surface area (Å²) in [4.78, 5) is 17.7. The number of aryl methyl sites for hydroxylation is 2. The number of hydrogen-bond acceptors (Lipinski definition) is 5. The number of rotatable bonds is 5. The molecule has 0 aliphatic carbocycles. The van der Waals surface area contributed by atoms with Gasteiger partial charge >= 0.3 is 0 Å². The lowest BCUT2D eigenvalue weighted by Crippen LogP contribution is -2.48. The van der Waals surface area contributed by atoms with E-state index in [9.17, 15) is 13.2 Å².